The molecular weight excluding hydrogens is 5160 g/mol. The first-order valence-corrected chi connectivity index (χ1v) is 19.8. The Morgan fingerprint density at radius 2 is 0.476 bits per heavy atom. The molecule has 2 N–H and O–H groups in total. The number of hydrogen-bond donors (Lipinski definition) is 1. The van der Waals surface area contributed by atoms with Crippen molar-refractivity contribution in [3.8, 4) is 12.4 Å². The van der Waals surface area contributed by atoms with E-state index in [0.29, 0.717) is 19.5 Å². The van der Waals surface area contributed by atoms with E-state index < -0.39 is 0 Å². The fourth-order valence-electron chi connectivity index (χ4n) is 10.4. The zero-order valence-corrected chi connectivity index (χ0v) is 194. The van der Waals surface area contributed by atoms with Crippen LogP contribution in [-0.4, -0.2) is 57.4 Å². The average Bonchev–Trinajstić information content (AvgIpc) is 1.54. The fraction of sp³-hybridized carbons (Fsp3) is 0.455. The Labute approximate surface area is 1900 Å². The Kier molecular flexibility index (Phi) is 1550. The van der Waals surface area contributed by atoms with Gasteiger partial charge >= 0.3 is 12.3 Å². The summed E-state index contributed by atoms with van der Waals surface area (Å²) in [7, 11) is 0. The molecular formula is C44H50N10O4V87. The van der Waals surface area contributed by atoms with Crippen molar-refractivity contribution in [2.45, 2.75) is 91.1 Å². The summed E-state index contributed by atoms with van der Waals surface area (Å²) in [5.74, 6) is 0. The van der Waals surface area contributed by atoms with Crippen LogP contribution in [0.2, 0.25) is 0 Å². The number of nitriles is 2. The molecule has 0 bridgehead atoms. The second-order valence-corrected chi connectivity index (χ2v) is 15.2. The molecule has 2 aromatic carbocycles. The molecule has 0 amide bonds. The summed E-state index contributed by atoms with van der Waals surface area (Å²) in [6.45, 7) is 11.6. The molecule has 4 aliphatic rings. The molecule has 0 saturated carbocycles. The molecule has 0 unspecified atom stereocenters. The largest absolute Gasteiger partial charge is 0.373 e. The molecule has 4 atom stereocenters. The second-order valence-electron chi connectivity index (χ2n) is 15.2. The Morgan fingerprint density at radius 1 is 0.310 bits per heavy atom. The molecule has 6 heterocycles. The van der Waals surface area contributed by atoms with Gasteiger partial charge in [-0.3, -0.25) is 0 Å². The molecule has 8 rings (SSSR count). The van der Waals surface area contributed by atoms with E-state index in [9.17, 15) is 10.5 Å². The van der Waals surface area contributed by atoms with E-state index in [1.807, 2.05) is 9.80 Å². The van der Waals surface area contributed by atoms with Crippen LogP contribution in [0.3, 0.4) is 0 Å². The Hall–Kier alpha value is 44.5. The van der Waals surface area contributed by atoms with E-state index in [0.717, 1.165) is 58.0 Å². The molecule has 735 valence electrons. The van der Waals surface area contributed by atoms with Gasteiger partial charge in [0.2, 0.25) is 0 Å². The van der Waals surface area contributed by atoms with Crippen molar-refractivity contribution >= 4 is 45.5 Å². The Balaban J connectivity index is -0.00000000395. The minimum atomic E-state index is -0.0182. The first-order valence-electron chi connectivity index (χ1n) is 19.8. The van der Waals surface area contributed by atoms with Crippen LogP contribution in [0.1, 0.15) is 101 Å². The molecule has 2 fully saturated rings. The minimum absolute atomic E-state index is 0. The molecule has 4 aromatic rings. The molecule has 101 heteroatoms. The Bertz CT molecular complexity index is 2540. The summed E-state index contributed by atoms with van der Waals surface area (Å²) in [6, 6.07) is 17.2. The number of hydrogen-bond acceptors (Lipinski definition) is 10. The van der Waals surface area contributed by atoms with E-state index >= 15 is 0 Å². The number of aromatic nitrogens is 2. The van der Waals surface area contributed by atoms with E-state index in [4.69, 9.17) is 30.4 Å². The van der Waals surface area contributed by atoms with E-state index in [-0.39, 0.29) is 1650 Å². The first-order chi connectivity index (χ1) is 28.2. The maximum atomic E-state index is 9.89. The van der Waals surface area contributed by atoms with E-state index in [1.165, 1.54) is 55.7 Å². The molecule has 2 aromatic heterocycles. The van der Waals surface area contributed by atoms with Crippen molar-refractivity contribution < 1.29 is 1630 Å². The molecule has 0 spiro atoms. The molecule has 145 heavy (non-hydrogen) atoms. The number of rotatable bonds is 7. The van der Waals surface area contributed by atoms with Crippen LogP contribution in [-0.2, 0) is 1650 Å². The summed E-state index contributed by atoms with van der Waals surface area (Å²) < 4.78 is 4.71. The number of allylic oxidation sites excluding steroid dienone is 2. The first kappa shape index (κ1) is 594. The van der Waals surface area contributed by atoms with Gasteiger partial charge in [0, 0.05) is 1670 Å². The summed E-state index contributed by atoms with van der Waals surface area (Å²) in [4.78, 5) is 39.4. The van der Waals surface area contributed by atoms with Crippen LogP contribution in [0.15, 0.2) is 65.8 Å². The quantitative estimate of drug-likeness (QED) is 0.0822. The number of likely N-dealkylation sites (tertiary alicyclic amines) is 2. The number of para-hydroxylation sites is 2. The molecule has 87 radical (unpaired) electrons. The normalized spacial score (nSPS) is 8.90. The third-order valence-corrected chi connectivity index (χ3v) is 12.5. The Morgan fingerprint density at radius 3 is 0.628 bits per heavy atom. The van der Waals surface area contributed by atoms with Crippen molar-refractivity contribution in [2.24, 2.45) is 21.7 Å². The number of piperidine rings is 2. The zero-order valence-electron chi connectivity index (χ0n) is 72.6. The van der Waals surface area contributed by atoms with Gasteiger partial charge in [-0.25, -0.2) is 0 Å². The molecule has 4 aliphatic heterocycles. The van der Waals surface area contributed by atoms with Crippen molar-refractivity contribution in [1.29, 1.82) is 10.5 Å². The third-order valence-electron chi connectivity index (χ3n) is 12.5. The van der Waals surface area contributed by atoms with Crippen molar-refractivity contribution in [3.05, 3.63) is 93.6 Å². The average molecular weight is 5220 g/mol. The smallest absolute Gasteiger partial charge is 0.330 e. The topological polar surface area (TPSA) is 207 Å². The van der Waals surface area contributed by atoms with Crippen molar-refractivity contribution in [3.63, 3.8) is 0 Å². The van der Waals surface area contributed by atoms with E-state index in [1.54, 1.807) is 0 Å². The van der Waals surface area contributed by atoms with Gasteiger partial charge in [0.15, 0.2) is 12.4 Å². The number of fused-ring (bicyclic) bond motifs is 10. The number of azide groups is 1. The van der Waals surface area contributed by atoms with Crippen LogP contribution in [0.4, 0.5) is 0 Å². The van der Waals surface area contributed by atoms with Crippen LogP contribution in [0.25, 0.3) is 43.6 Å². The van der Waals surface area contributed by atoms with Gasteiger partial charge in [0.25, 0.3) is 0 Å². The van der Waals surface area contributed by atoms with Gasteiger partial charge in [0.1, 0.15) is 0 Å². The standard InChI is InChI=1S/C21H24N6.C21H26N4.2CO2.87V/c1-3-21-10-6-12-26(14-22)20(21)19-17(9-11-24-25-23)16-7-4-5-8-18(16)27(19)15(2)13-21;1-3-21-10-6-12-24(14-23)20(21)19-17(9-11-22)16-7-4-5-8-18(16)25(19)15(2)13-21;2*2-1-3;;;;;;;;;;;;;;;;;;;;;;;;;;;;;;;;;;;;;;;;;;;;;;;;;;;;;;;;;;;;;;;;;;;;;;;;;;;;;;;;;;;;;;;/h4-5,7-8,13,20H,3,6,9-12H2,1-2H3;4-5,7-8,13,20H,3,6,9-12,22H2,1-2H3;;;;;;;;;;;;;;;;;;;;;;;;;;;;;;;;;;;;;;;;;;;;;;;;;;;;;;;;;;;;;;;;;;;;;;;;;;;;;;;;;;;;;;;;;/t2*20-,21+;;;;;;;;;;;;;;;;;;;;;;;;;;;;;;;;;;;;;;;;;;;;;;;;;;;;;;;;;;;;;;;;;;;;;;;;;;;;;;;;;;;;;;;;;/m11........................................................................................./s1. The summed E-state index contributed by atoms with van der Waals surface area (Å²) in [5, 5.41) is 26.0. The van der Waals surface area contributed by atoms with Gasteiger partial charge in [-0.05, 0) is 101 Å². The number of nitrogens with two attached hydrogens (primary N) is 1. The molecule has 0 aliphatic carbocycles. The van der Waals surface area contributed by atoms with Crippen LogP contribution in [0.5, 0.6) is 0 Å². The van der Waals surface area contributed by atoms with Crippen LogP contribution >= 0.6 is 0 Å². The number of nitrogens with zero attached hydrogens (tertiary/aromatic N) is 9. The molecule has 14 nitrogen and oxygen atoms in total. The van der Waals surface area contributed by atoms with Gasteiger partial charge in [0.05, 0.1) is 34.5 Å². The van der Waals surface area contributed by atoms with Crippen LogP contribution in [0, 0.1) is 33.7 Å². The van der Waals surface area contributed by atoms with E-state index in [2.05, 4.69) is 120 Å². The summed E-state index contributed by atoms with van der Waals surface area (Å²) in [6.07, 6.45) is 18.3. The zero-order chi connectivity index (χ0) is 42.0. The van der Waals surface area contributed by atoms with Gasteiger partial charge in [-0.15, -0.1) is 0 Å². The summed E-state index contributed by atoms with van der Waals surface area (Å²) >= 11 is 0. The second kappa shape index (κ2) is 377. The number of carbonyl (C=O) groups excluding carboxylic acids is 4. The maximum Gasteiger partial charge on any atom is 0.373 e. The monoisotopic (exact) mass is 5210 g/mol. The van der Waals surface area contributed by atoms with Crippen molar-refractivity contribution in [1.82, 2.24) is 18.9 Å². The van der Waals surface area contributed by atoms with Gasteiger partial charge in [-0.1, -0.05) is 67.5 Å². The molecule has 2 saturated heterocycles. The van der Waals surface area contributed by atoms with Gasteiger partial charge in [-0.2, -0.15) is 29.7 Å². The predicted molar refractivity (Wildman–Crippen MR) is 218 cm³/mol. The minimum Gasteiger partial charge on any atom is -0.330 e. The number of benzene rings is 2. The van der Waals surface area contributed by atoms with Gasteiger partial charge < -0.3 is 24.7 Å². The van der Waals surface area contributed by atoms with Crippen LogP contribution < -0.4 is 5.73 Å². The third kappa shape index (κ3) is 210. The SMILES string of the molecule is CC[C@]12C=C(C)n3c(c(CCN)c4ccccc43)[C@H]1N(C#N)CCC2.CC[C@]12C=C(C)n3c(c(CCN=[N+]=[N-])c4ccccc43)[C@H]1N(C#N)CCC2.O=C=O.O=C=O.[V].[V].[V].[V].[V].[V].[V].[V].[V].[V].[V].[V].[V].[V].[V].[V].[V].[V].[V].[V].[V].[V].[V].[V].[V].[V].[V].[V].[V].[V].[V].[V].[V].[V].[V].[V].[V].[V].[V].[V].[V].[V].[V].[V].[V].[V].[V].[V].[V].[V].[V].[V].[V].[V].[V].[V].[V].[V].[V].[V].[V].[V].[V].[V].[V].[V].[V].[V].[V].[V].[V].[V].[V].[V].[V].[V].[V].[V].[V].[V].[V].[V].[V].[V].[V].[V].[V]. The maximum absolute atomic E-state index is 9.89. The summed E-state index contributed by atoms with van der Waals surface area (Å²) in [5.41, 5.74) is 24.7. The fourth-order valence-corrected chi connectivity index (χ4v) is 10.4. The van der Waals surface area contributed by atoms with Crippen molar-refractivity contribution in [2.75, 3.05) is 26.2 Å². The predicted octanol–water partition coefficient (Wildman–Crippen LogP) is 8.03.